The maximum absolute atomic E-state index is 10.3. The summed E-state index contributed by atoms with van der Waals surface area (Å²) >= 11 is 0. The zero-order chi connectivity index (χ0) is 10.9. The van der Waals surface area contributed by atoms with Gasteiger partial charge >= 0.3 is 11.4 Å². The lowest BCUT2D eigenvalue weighted by atomic mass is 10.4. The van der Waals surface area contributed by atoms with E-state index in [2.05, 4.69) is 11.7 Å². The monoisotopic (exact) mass is 198 g/mol. The van der Waals surface area contributed by atoms with Crippen molar-refractivity contribution in [1.29, 1.82) is 0 Å². The first-order chi connectivity index (χ1) is 6.61. The van der Waals surface area contributed by atoms with Crippen LogP contribution in [-0.4, -0.2) is 9.85 Å². The van der Waals surface area contributed by atoms with Crippen LogP contribution in [0.4, 0.5) is 11.4 Å². The summed E-state index contributed by atoms with van der Waals surface area (Å²) < 4.78 is 0. The van der Waals surface area contributed by atoms with Gasteiger partial charge in [-0.25, -0.2) is 0 Å². The van der Waals surface area contributed by atoms with Crippen LogP contribution in [0, 0.1) is 20.2 Å². The molecule has 2 rings (SSSR count). The van der Waals surface area contributed by atoms with E-state index in [1.54, 1.807) is 6.07 Å². The van der Waals surface area contributed by atoms with Gasteiger partial charge in [-0.2, -0.15) is 0 Å². The van der Waals surface area contributed by atoms with Gasteiger partial charge in [-0.15, -0.1) is 0 Å². The van der Waals surface area contributed by atoms with E-state index in [9.17, 15) is 20.2 Å². The van der Waals surface area contributed by atoms with Crippen molar-refractivity contribution in [1.82, 2.24) is 0 Å². The molecule has 2 aliphatic carbocycles. The fourth-order valence-electron chi connectivity index (χ4n) is 1.13. The Morgan fingerprint density at radius 1 is 1.07 bits per heavy atom. The van der Waals surface area contributed by atoms with Gasteiger partial charge < -0.3 is 0 Å². The van der Waals surface area contributed by atoms with Crippen molar-refractivity contribution in [3.63, 3.8) is 0 Å². The molecule has 0 fully saturated rings. The molecule has 0 saturated carbocycles. The van der Waals surface area contributed by atoms with E-state index in [0.717, 1.165) is 0 Å². The lowest BCUT2D eigenvalue weighted by Gasteiger charge is -1.86. The Kier molecular flexibility index (Phi) is 2.40. The molecule has 2 aliphatic rings. The Balaban J connectivity index is 0.000000461. The number of benzene rings is 1. The lowest BCUT2D eigenvalue weighted by Crippen LogP contribution is -2.02. The second-order valence-electron chi connectivity index (χ2n) is 2.41. The van der Waals surface area contributed by atoms with Crippen molar-refractivity contribution < 1.29 is 9.85 Å². The number of hydrazine groups is 1. The molecule has 14 heavy (non-hydrogen) atoms. The molecule has 0 saturated heterocycles. The number of hydrogen-bond donors (Lipinski definition) is 2. The predicted octanol–water partition coefficient (Wildman–Crippen LogP) is 0.302. The van der Waals surface area contributed by atoms with Crippen LogP contribution in [0.5, 0.6) is 0 Å². The molecule has 0 aromatic heterocycles. The number of nitro groups is 2. The quantitative estimate of drug-likeness (QED) is 0.404. The van der Waals surface area contributed by atoms with Gasteiger partial charge in [0, 0.05) is 6.07 Å². The molecule has 0 atom stereocenters. The van der Waals surface area contributed by atoms with Crippen LogP contribution in [0.3, 0.4) is 0 Å². The van der Waals surface area contributed by atoms with E-state index >= 15 is 0 Å². The van der Waals surface area contributed by atoms with Gasteiger partial charge in [0.2, 0.25) is 0 Å². The van der Waals surface area contributed by atoms with E-state index in [4.69, 9.17) is 0 Å². The van der Waals surface area contributed by atoms with Crippen LogP contribution in [0.15, 0.2) is 12.1 Å². The lowest BCUT2D eigenvalue weighted by molar-refractivity contribution is -0.421. The smallest absolute Gasteiger partial charge is 0.274 e. The maximum Gasteiger partial charge on any atom is 0.353 e. The van der Waals surface area contributed by atoms with Crippen molar-refractivity contribution in [3.8, 4) is 11.1 Å². The first-order valence-corrected chi connectivity index (χ1v) is 3.42. The molecule has 0 aromatic rings. The van der Waals surface area contributed by atoms with Crippen LogP contribution in [0.25, 0.3) is 11.1 Å². The minimum Gasteiger partial charge on any atom is -0.274 e. The Bertz CT molecular complexity index is 417. The van der Waals surface area contributed by atoms with Crippen molar-refractivity contribution in [2.75, 3.05) is 0 Å². The number of rotatable bonds is 2. The van der Waals surface area contributed by atoms with Crippen LogP contribution < -0.4 is 11.7 Å². The van der Waals surface area contributed by atoms with Crippen LogP contribution >= 0.6 is 0 Å². The summed E-state index contributed by atoms with van der Waals surface area (Å²) in [4.78, 5) is 19.1. The largest absolute Gasteiger partial charge is 0.353 e. The SMILES string of the molecule is NN.O=[N+]([O-])c1cc2cc-2c1[N+](=O)[O-]. The molecule has 8 nitrogen and oxygen atoms in total. The summed E-state index contributed by atoms with van der Waals surface area (Å²) in [6, 6.07) is 2.76. The second kappa shape index (κ2) is 3.36. The summed E-state index contributed by atoms with van der Waals surface area (Å²) in [6.45, 7) is 0. The number of fused-ring (bicyclic) bond motifs is 1. The highest BCUT2D eigenvalue weighted by atomic mass is 16.6. The Labute approximate surface area is 77.4 Å². The molecule has 74 valence electrons. The average Bonchev–Trinajstić information content (AvgIpc) is 2.79. The molecule has 0 unspecified atom stereocenters. The third-order valence-corrected chi connectivity index (χ3v) is 1.70. The first kappa shape index (κ1) is 10.0. The van der Waals surface area contributed by atoms with E-state index in [0.29, 0.717) is 11.1 Å². The highest BCUT2D eigenvalue weighted by Gasteiger charge is 2.38. The van der Waals surface area contributed by atoms with Crippen LogP contribution in [0.2, 0.25) is 0 Å². The predicted molar refractivity (Wildman–Crippen MR) is 47.1 cm³/mol. The minimum absolute atomic E-state index is 0.380. The summed E-state index contributed by atoms with van der Waals surface area (Å²) in [5.74, 6) is 8.00. The standard InChI is InChI=1S/C6H2N2O4.H4N2/c9-7(10)5-2-3-1-4(3)6(5)8(11)12;1-2/h1-2H;1-2H2. The summed E-state index contributed by atoms with van der Waals surface area (Å²) in [7, 11) is 0. The third-order valence-electron chi connectivity index (χ3n) is 1.70. The van der Waals surface area contributed by atoms with Gasteiger partial charge in [0.15, 0.2) is 0 Å². The molecule has 0 aromatic carbocycles. The molecular formula is C6H6N4O4. The van der Waals surface area contributed by atoms with Crippen molar-refractivity contribution in [3.05, 3.63) is 32.4 Å². The van der Waals surface area contributed by atoms with E-state index in [-0.39, 0.29) is 5.69 Å². The van der Waals surface area contributed by atoms with Gasteiger partial charge in [-0.3, -0.25) is 31.9 Å². The topological polar surface area (TPSA) is 138 Å². The van der Waals surface area contributed by atoms with Gasteiger partial charge in [-0.05, 0) is 11.6 Å². The fourth-order valence-corrected chi connectivity index (χ4v) is 1.13. The molecule has 0 amide bonds. The van der Waals surface area contributed by atoms with Crippen LogP contribution in [0.1, 0.15) is 0 Å². The maximum atomic E-state index is 10.3. The normalized spacial score (nSPS) is 9.86. The summed E-state index contributed by atoms with van der Waals surface area (Å²) in [5, 5.41) is 20.6. The number of nitro benzene ring substituents is 2. The minimum atomic E-state index is -0.738. The van der Waals surface area contributed by atoms with Gasteiger partial charge in [0.1, 0.15) is 0 Å². The molecule has 4 N–H and O–H groups in total. The molecular weight excluding hydrogens is 192 g/mol. The Morgan fingerprint density at radius 3 is 2.00 bits per heavy atom. The zero-order valence-corrected chi connectivity index (χ0v) is 6.84. The van der Waals surface area contributed by atoms with Crippen LogP contribution in [-0.2, 0) is 0 Å². The molecule has 0 aliphatic heterocycles. The Morgan fingerprint density at radius 2 is 1.64 bits per heavy atom. The van der Waals surface area contributed by atoms with Crippen molar-refractivity contribution in [2.24, 2.45) is 11.7 Å². The van der Waals surface area contributed by atoms with Gasteiger partial charge in [0.25, 0.3) is 0 Å². The number of hydrogen-bond acceptors (Lipinski definition) is 6. The zero-order valence-electron chi connectivity index (χ0n) is 6.84. The number of nitrogens with two attached hydrogens (primary N) is 2. The molecule has 0 heterocycles. The first-order valence-electron chi connectivity index (χ1n) is 3.42. The Hall–Kier alpha value is -2.06. The van der Waals surface area contributed by atoms with E-state index in [1.165, 1.54) is 6.07 Å². The molecule has 8 heteroatoms. The molecule has 0 radical (unpaired) electrons. The average molecular weight is 198 g/mol. The number of nitrogens with zero attached hydrogens (tertiary/aromatic N) is 2. The highest BCUT2D eigenvalue weighted by Crippen LogP contribution is 2.50. The van der Waals surface area contributed by atoms with E-state index < -0.39 is 15.5 Å². The molecule has 0 spiro atoms. The third kappa shape index (κ3) is 1.39. The summed E-state index contributed by atoms with van der Waals surface area (Å²) in [6.07, 6.45) is 0. The van der Waals surface area contributed by atoms with Gasteiger partial charge in [-0.1, -0.05) is 0 Å². The highest BCUT2D eigenvalue weighted by molar-refractivity contribution is 5.95. The molecule has 0 bridgehead atoms. The fraction of sp³-hybridized carbons (Fsp3) is 0. The van der Waals surface area contributed by atoms with Gasteiger partial charge in [0.05, 0.1) is 15.4 Å². The summed E-state index contributed by atoms with van der Waals surface area (Å²) in [5.41, 5.74) is 0.211. The van der Waals surface area contributed by atoms with Crippen molar-refractivity contribution in [2.45, 2.75) is 0 Å². The van der Waals surface area contributed by atoms with E-state index in [1.807, 2.05) is 0 Å². The second-order valence-corrected chi connectivity index (χ2v) is 2.41. The van der Waals surface area contributed by atoms with Crippen molar-refractivity contribution >= 4 is 11.4 Å².